The fourth-order valence-electron chi connectivity index (χ4n) is 2.65. The molecule has 0 saturated carbocycles. The van der Waals surface area contributed by atoms with Crippen LogP contribution in [-0.4, -0.2) is 28.5 Å². The topological polar surface area (TPSA) is 84.1 Å². The highest BCUT2D eigenvalue weighted by Crippen LogP contribution is 2.18. The maximum Gasteiger partial charge on any atom is 0.340 e. The minimum Gasteiger partial charge on any atom is -0.462 e. The SMILES string of the molecule is CCOC(=O)c1ccccc1NC(=O)Cc1ccc2nc(C)[nH]c2c1. The van der Waals surface area contributed by atoms with E-state index in [0.29, 0.717) is 11.3 Å². The molecular weight excluding hydrogens is 318 g/mol. The van der Waals surface area contributed by atoms with Gasteiger partial charge in [0.15, 0.2) is 0 Å². The number of fused-ring (bicyclic) bond motifs is 1. The number of aromatic nitrogens is 2. The lowest BCUT2D eigenvalue weighted by Crippen LogP contribution is -2.17. The highest BCUT2D eigenvalue weighted by Gasteiger charge is 2.14. The molecule has 25 heavy (non-hydrogen) atoms. The van der Waals surface area contributed by atoms with E-state index < -0.39 is 5.97 Å². The van der Waals surface area contributed by atoms with E-state index in [-0.39, 0.29) is 18.9 Å². The Balaban J connectivity index is 1.74. The first kappa shape index (κ1) is 16.7. The minimum absolute atomic E-state index is 0.200. The molecule has 0 atom stereocenters. The van der Waals surface area contributed by atoms with Gasteiger partial charge in [-0.2, -0.15) is 0 Å². The molecule has 6 heteroatoms. The van der Waals surface area contributed by atoms with Gasteiger partial charge in [0.25, 0.3) is 0 Å². The summed E-state index contributed by atoms with van der Waals surface area (Å²) in [7, 11) is 0. The second-order valence-electron chi connectivity index (χ2n) is 5.66. The third kappa shape index (κ3) is 3.85. The van der Waals surface area contributed by atoms with Crippen molar-refractivity contribution in [3.8, 4) is 0 Å². The number of ether oxygens (including phenoxy) is 1. The van der Waals surface area contributed by atoms with E-state index in [0.717, 1.165) is 22.4 Å². The lowest BCUT2D eigenvalue weighted by molar-refractivity contribution is -0.115. The number of amides is 1. The van der Waals surface area contributed by atoms with Crippen molar-refractivity contribution in [1.82, 2.24) is 9.97 Å². The number of para-hydroxylation sites is 1. The molecule has 1 heterocycles. The summed E-state index contributed by atoms with van der Waals surface area (Å²) in [5.74, 6) is 0.181. The Morgan fingerprint density at radius 2 is 2.00 bits per heavy atom. The van der Waals surface area contributed by atoms with E-state index in [4.69, 9.17) is 4.74 Å². The van der Waals surface area contributed by atoms with E-state index in [2.05, 4.69) is 15.3 Å². The van der Waals surface area contributed by atoms with Crippen molar-refractivity contribution in [2.75, 3.05) is 11.9 Å². The standard InChI is InChI=1S/C19H19N3O3/c1-3-25-19(24)14-6-4-5-7-15(14)22-18(23)11-13-8-9-16-17(10-13)21-12(2)20-16/h4-10H,3,11H2,1-2H3,(H,20,21)(H,22,23). The Morgan fingerprint density at radius 1 is 1.20 bits per heavy atom. The van der Waals surface area contributed by atoms with Crippen molar-refractivity contribution in [2.24, 2.45) is 0 Å². The lowest BCUT2D eigenvalue weighted by atomic mass is 10.1. The van der Waals surface area contributed by atoms with Crippen LogP contribution in [0, 0.1) is 6.92 Å². The molecule has 1 aromatic heterocycles. The number of hydrogen-bond donors (Lipinski definition) is 2. The van der Waals surface area contributed by atoms with Gasteiger partial charge in [0, 0.05) is 0 Å². The number of esters is 1. The molecule has 6 nitrogen and oxygen atoms in total. The number of hydrogen-bond acceptors (Lipinski definition) is 4. The van der Waals surface area contributed by atoms with Gasteiger partial charge in [0.05, 0.1) is 35.3 Å². The van der Waals surface area contributed by atoms with Crippen LogP contribution < -0.4 is 5.32 Å². The molecule has 0 aliphatic rings. The molecule has 0 spiro atoms. The van der Waals surface area contributed by atoms with Crippen molar-refractivity contribution in [1.29, 1.82) is 0 Å². The minimum atomic E-state index is -0.451. The van der Waals surface area contributed by atoms with Crippen molar-refractivity contribution in [2.45, 2.75) is 20.3 Å². The summed E-state index contributed by atoms with van der Waals surface area (Å²) in [5.41, 5.74) is 3.42. The van der Waals surface area contributed by atoms with Crippen molar-refractivity contribution in [3.63, 3.8) is 0 Å². The van der Waals surface area contributed by atoms with E-state index in [1.54, 1.807) is 31.2 Å². The van der Waals surface area contributed by atoms with Crippen LogP contribution >= 0.6 is 0 Å². The first-order valence-corrected chi connectivity index (χ1v) is 8.08. The summed E-state index contributed by atoms with van der Waals surface area (Å²) in [6.45, 7) is 3.91. The zero-order valence-electron chi connectivity index (χ0n) is 14.1. The zero-order valence-corrected chi connectivity index (χ0v) is 14.1. The third-order valence-electron chi connectivity index (χ3n) is 3.73. The second-order valence-corrected chi connectivity index (χ2v) is 5.66. The molecule has 3 aromatic rings. The zero-order chi connectivity index (χ0) is 17.8. The number of benzene rings is 2. The maximum absolute atomic E-state index is 12.4. The number of rotatable bonds is 5. The molecule has 0 aliphatic heterocycles. The summed E-state index contributed by atoms with van der Waals surface area (Å²) < 4.78 is 5.02. The molecule has 3 rings (SSSR count). The van der Waals surface area contributed by atoms with Gasteiger partial charge in [-0.3, -0.25) is 4.79 Å². The summed E-state index contributed by atoms with van der Waals surface area (Å²) in [4.78, 5) is 31.8. The predicted molar refractivity (Wildman–Crippen MR) is 95.6 cm³/mol. The Labute approximate surface area is 145 Å². The summed E-state index contributed by atoms with van der Waals surface area (Å²) in [5, 5.41) is 2.79. The number of anilines is 1. The number of nitrogens with zero attached hydrogens (tertiary/aromatic N) is 1. The van der Waals surface area contributed by atoms with E-state index >= 15 is 0 Å². The fraction of sp³-hybridized carbons (Fsp3) is 0.211. The number of nitrogens with one attached hydrogen (secondary N) is 2. The molecule has 0 unspecified atom stereocenters. The Hall–Kier alpha value is -3.15. The van der Waals surface area contributed by atoms with Gasteiger partial charge in [-0.25, -0.2) is 9.78 Å². The Kier molecular flexibility index (Phi) is 4.79. The quantitative estimate of drug-likeness (QED) is 0.700. The van der Waals surface area contributed by atoms with Crippen molar-refractivity contribution in [3.05, 3.63) is 59.4 Å². The molecule has 2 N–H and O–H groups in total. The van der Waals surface area contributed by atoms with Crippen LogP contribution in [0.3, 0.4) is 0 Å². The highest BCUT2D eigenvalue weighted by atomic mass is 16.5. The molecule has 1 amide bonds. The third-order valence-corrected chi connectivity index (χ3v) is 3.73. The maximum atomic E-state index is 12.4. The monoisotopic (exact) mass is 337 g/mol. The molecular formula is C19H19N3O3. The first-order valence-electron chi connectivity index (χ1n) is 8.08. The van der Waals surface area contributed by atoms with Gasteiger partial charge in [-0.1, -0.05) is 18.2 Å². The van der Waals surface area contributed by atoms with Gasteiger partial charge in [0.1, 0.15) is 5.82 Å². The smallest absolute Gasteiger partial charge is 0.340 e. The molecule has 0 fully saturated rings. The van der Waals surface area contributed by atoms with Gasteiger partial charge < -0.3 is 15.0 Å². The number of imidazole rings is 1. The van der Waals surface area contributed by atoms with E-state index in [1.165, 1.54) is 0 Å². The summed E-state index contributed by atoms with van der Waals surface area (Å²) in [6, 6.07) is 12.5. The molecule has 0 saturated heterocycles. The second kappa shape index (κ2) is 7.17. The fourth-order valence-corrected chi connectivity index (χ4v) is 2.65. The average Bonchev–Trinajstić information content (AvgIpc) is 2.94. The summed E-state index contributed by atoms with van der Waals surface area (Å²) in [6.07, 6.45) is 0.200. The van der Waals surface area contributed by atoms with Crippen LogP contribution in [0.4, 0.5) is 5.69 Å². The van der Waals surface area contributed by atoms with Crippen molar-refractivity contribution >= 4 is 28.6 Å². The summed E-state index contributed by atoms with van der Waals surface area (Å²) >= 11 is 0. The Bertz CT molecular complexity index is 931. The number of carbonyl (C=O) groups is 2. The first-order chi connectivity index (χ1) is 12.1. The normalized spacial score (nSPS) is 10.6. The van der Waals surface area contributed by atoms with Crippen molar-refractivity contribution < 1.29 is 14.3 Å². The van der Waals surface area contributed by atoms with Gasteiger partial charge in [0.2, 0.25) is 5.91 Å². The largest absolute Gasteiger partial charge is 0.462 e. The Morgan fingerprint density at radius 3 is 2.80 bits per heavy atom. The van der Waals surface area contributed by atoms with E-state index in [1.807, 2.05) is 25.1 Å². The van der Waals surface area contributed by atoms with Crippen LogP contribution in [0.5, 0.6) is 0 Å². The molecule has 2 aromatic carbocycles. The number of aryl methyl sites for hydroxylation is 1. The van der Waals surface area contributed by atoms with Crippen LogP contribution in [0.1, 0.15) is 28.7 Å². The molecule has 128 valence electrons. The molecule has 0 bridgehead atoms. The number of H-pyrrole nitrogens is 1. The highest BCUT2D eigenvalue weighted by molar-refractivity contribution is 6.01. The van der Waals surface area contributed by atoms with Crippen LogP contribution in [0.15, 0.2) is 42.5 Å². The number of carbonyl (C=O) groups excluding carboxylic acids is 2. The van der Waals surface area contributed by atoms with Gasteiger partial charge >= 0.3 is 5.97 Å². The van der Waals surface area contributed by atoms with Crippen LogP contribution in [0.25, 0.3) is 11.0 Å². The lowest BCUT2D eigenvalue weighted by Gasteiger charge is -2.10. The molecule has 0 aliphatic carbocycles. The number of aromatic amines is 1. The average molecular weight is 337 g/mol. The van der Waals surface area contributed by atoms with Gasteiger partial charge in [-0.15, -0.1) is 0 Å². The van der Waals surface area contributed by atoms with Crippen LogP contribution in [-0.2, 0) is 16.0 Å². The predicted octanol–water partition coefficient (Wildman–Crippen LogP) is 3.23. The van der Waals surface area contributed by atoms with Gasteiger partial charge in [-0.05, 0) is 43.7 Å². The van der Waals surface area contributed by atoms with E-state index in [9.17, 15) is 9.59 Å². The van der Waals surface area contributed by atoms with Crippen LogP contribution in [0.2, 0.25) is 0 Å². The molecule has 0 radical (unpaired) electrons.